The van der Waals surface area contributed by atoms with Crippen LogP contribution in [-0.2, 0) is 0 Å². The standard InChI is InChI=1S/C16H9Cl3FN3S/c17-10-3-1-9(2-4-10)7-21-16-23-22-15(8-24-16)11-5-14(20)13(19)6-12(11)18/h1-7H,8H2/b21-7-. The quantitative estimate of drug-likeness (QED) is 0.470. The van der Waals surface area contributed by atoms with Crippen LogP contribution in [0.1, 0.15) is 11.1 Å². The third-order valence-electron chi connectivity index (χ3n) is 3.11. The number of hydrogen-bond acceptors (Lipinski definition) is 4. The molecular formula is C16H9Cl3FN3S. The van der Waals surface area contributed by atoms with Gasteiger partial charge in [0.15, 0.2) is 0 Å². The van der Waals surface area contributed by atoms with Crippen LogP contribution in [0.4, 0.5) is 4.39 Å². The van der Waals surface area contributed by atoms with Crippen molar-refractivity contribution in [3.8, 4) is 0 Å². The van der Waals surface area contributed by atoms with E-state index in [4.69, 9.17) is 34.8 Å². The summed E-state index contributed by atoms with van der Waals surface area (Å²) in [5.74, 6) is -0.0586. The lowest BCUT2D eigenvalue weighted by Gasteiger charge is -2.11. The van der Waals surface area contributed by atoms with Gasteiger partial charge in [0.2, 0.25) is 5.17 Å². The summed E-state index contributed by atoms with van der Waals surface area (Å²) in [5.41, 5.74) is 1.96. The van der Waals surface area contributed by atoms with Crippen LogP contribution in [0.2, 0.25) is 15.1 Å². The highest BCUT2D eigenvalue weighted by atomic mass is 35.5. The van der Waals surface area contributed by atoms with E-state index in [0.29, 0.717) is 32.2 Å². The zero-order valence-electron chi connectivity index (χ0n) is 12.0. The summed E-state index contributed by atoms with van der Waals surface area (Å²) < 4.78 is 13.6. The zero-order chi connectivity index (χ0) is 17.1. The second kappa shape index (κ2) is 7.66. The average Bonchev–Trinajstić information content (AvgIpc) is 2.58. The summed E-state index contributed by atoms with van der Waals surface area (Å²) in [5, 5.41) is 9.63. The molecule has 2 aromatic carbocycles. The Morgan fingerprint density at radius 3 is 2.46 bits per heavy atom. The maximum atomic E-state index is 13.6. The molecule has 2 aromatic rings. The Kier molecular flexibility index (Phi) is 5.56. The molecule has 1 aliphatic heterocycles. The molecule has 3 nitrogen and oxygen atoms in total. The van der Waals surface area contributed by atoms with Gasteiger partial charge in [0.1, 0.15) is 5.82 Å². The van der Waals surface area contributed by atoms with E-state index < -0.39 is 5.82 Å². The number of rotatable bonds is 2. The van der Waals surface area contributed by atoms with Gasteiger partial charge in [0, 0.05) is 22.6 Å². The summed E-state index contributed by atoms with van der Waals surface area (Å²) in [6.45, 7) is 0. The Hall–Kier alpha value is -1.40. The Morgan fingerprint density at radius 2 is 1.79 bits per heavy atom. The van der Waals surface area contributed by atoms with Gasteiger partial charge in [-0.25, -0.2) is 9.38 Å². The lowest BCUT2D eigenvalue weighted by atomic mass is 10.1. The largest absolute Gasteiger partial charge is 0.229 e. The molecule has 0 saturated heterocycles. The first-order valence-corrected chi connectivity index (χ1v) is 8.87. The molecule has 0 saturated carbocycles. The molecule has 0 fully saturated rings. The molecule has 0 aromatic heterocycles. The fourth-order valence-corrected chi connectivity index (χ4v) is 3.23. The third kappa shape index (κ3) is 4.16. The van der Waals surface area contributed by atoms with Crippen LogP contribution >= 0.6 is 46.6 Å². The third-order valence-corrected chi connectivity index (χ3v) is 4.83. The van der Waals surface area contributed by atoms with Gasteiger partial charge >= 0.3 is 0 Å². The predicted molar refractivity (Wildman–Crippen MR) is 102 cm³/mol. The highest BCUT2D eigenvalue weighted by Gasteiger charge is 2.16. The van der Waals surface area contributed by atoms with Crippen molar-refractivity contribution in [3.63, 3.8) is 0 Å². The fourth-order valence-electron chi connectivity index (χ4n) is 1.91. The lowest BCUT2D eigenvalue weighted by Crippen LogP contribution is -2.11. The van der Waals surface area contributed by atoms with Crippen LogP contribution in [0.3, 0.4) is 0 Å². The minimum absolute atomic E-state index is 0.0235. The zero-order valence-corrected chi connectivity index (χ0v) is 15.1. The van der Waals surface area contributed by atoms with Crippen molar-refractivity contribution in [2.45, 2.75) is 0 Å². The number of halogens is 4. The van der Waals surface area contributed by atoms with Gasteiger partial charge in [-0.3, -0.25) is 0 Å². The topological polar surface area (TPSA) is 37.1 Å². The van der Waals surface area contributed by atoms with E-state index in [0.717, 1.165) is 5.56 Å². The molecule has 1 heterocycles. The average molecular weight is 401 g/mol. The maximum absolute atomic E-state index is 13.6. The number of hydrogen-bond donors (Lipinski definition) is 0. The smallest absolute Gasteiger partial charge is 0.209 e. The summed E-state index contributed by atoms with van der Waals surface area (Å²) >= 11 is 19.0. The first-order chi connectivity index (χ1) is 11.5. The van der Waals surface area contributed by atoms with Crippen molar-refractivity contribution < 1.29 is 4.39 Å². The molecule has 0 radical (unpaired) electrons. The van der Waals surface area contributed by atoms with E-state index in [1.165, 1.54) is 23.9 Å². The first kappa shape index (κ1) is 17.4. The Bertz CT molecular complexity index is 864. The van der Waals surface area contributed by atoms with E-state index in [9.17, 15) is 4.39 Å². The molecule has 0 amide bonds. The van der Waals surface area contributed by atoms with Gasteiger partial charge in [-0.1, -0.05) is 58.7 Å². The molecule has 0 aliphatic carbocycles. The van der Waals surface area contributed by atoms with Crippen molar-refractivity contribution in [3.05, 3.63) is 68.4 Å². The van der Waals surface area contributed by atoms with Gasteiger partial charge in [0.25, 0.3) is 0 Å². The van der Waals surface area contributed by atoms with Crippen LogP contribution in [0.25, 0.3) is 0 Å². The Labute approximate surface area is 157 Å². The van der Waals surface area contributed by atoms with Crippen LogP contribution in [-0.4, -0.2) is 22.8 Å². The molecule has 1 aliphatic rings. The predicted octanol–water partition coefficient (Wildman–Crippen LogP) is 5.71. The first-order valence-electron chi connectivity index (χ1n) is 6.75. The van der Waals surface area contributed by atoms with Gasteiger partial charge < -0.3 is 0 Å². The number of nitrogens with zero attached hydrogens (tertiary/aromatic N) is 3. The van der Waals surface area contributed by atoms with Crippen LogP contribution in [0.5, 0.6) is 0 Å². The molecule has 3 rings (SSSR count). The lowest BCUT2D eigenvalue weighted by molar-refractivity contribution is 0.628. The van der Waals surface area contributed by atoms with Crippen molar-refractivity contribution in [1.29, 1.82) is 0 Å². The monoisotopic (exact) mass is 399 g/mol. The summed E-state index contributed by atoms with van der Waals surface area (Å²) in [4.78, 5) is 4.27. The normalized spacial score (nSPS) is 14.7. The summed E-state index contributed by atoms with van der Waals surface area (Å²) in [6, 6.07) is 9.90. The maximum Gasteiger partial charge on any atom is 0.209 e. The highest BCUT2D eigenvalue weighted by molar-refractivity contribution is 8.14. The van der Waals surface area contributed by atoms with E-state index in [1.54, 1.807) is 18.3 Å². The molecule has 24 heavy (non-hydrogen) atoms. The summed E-state index contributed by atoms with van der Waals surface area (Å²) in [6.07, 6.45) is 1.68. The molecule has 0 spiro atoms. The molecule has 0 bridgehead atoms. The van der Waals surface area contributed by atoms with Crippen LogP contribution in [0.15, 0.2) is 51.6 Å². The second-order valence-corrected chi connectivity index (χ2v) is 6.97. The van der Waals surface area contributed by atoms with Crippen molar-refractivity contribution in [1.82, 2.24) is 0 Å². The number of aliphatic imine (C=N–C) groups is 1. The van der Waals surface area contributed by atoms with E-state index >= 15 is 0 Å². The van der Waals surface area contributed by atoms with Crippen LogP contribution < -0.4 is 0 Å². The van der Waals surface area contributed by atoms with E-state index in [2.05, 4.69) is 15.2 Å². The number of thioether (sulfide) groups is 1. The van der Waals surface area contributed by atoms with Gasteiger partial charge in [-0.2, -0.15) is 5.10 Å². The van der Waals surface area contributed by atoms with Crippen LogP contribution in [0, 0.1) is 5.82 Å². The van der Waals surface area contributed by atoms with Crippen molar-refractivity contribution >= 4 is 63.7 Å². The number of benzene rings is 2. The molecule has 0 unspecified atom stereocenters. The molecular weight excluding hydrogens is 392 g/mol. The minimum Gasteiger partial charge on any atom is -0.229 e. The Balaban J connectivity index is 1.79. The molecule has 8 heteroatoms. The van der Waals surface area contributed by atoms with E-state index in [-0.39, 0.29) is 5.02 Å². The molecule has 0 N–H and O–H groups in total. The number of amidine groups is 1. The minimum atomic E-state index is -0.542. The Morgan fingerprint density at radius 1 is 1.04 bits per heavy atom. The van der Waals surface area contributed by atoms with Crippen molar-refractivity contribution in [2.75, 3.05) is 5.75 Å². The van der Waals surface area contributed by atoms with Crippen molar-refractivity contribution in [2.24, 2.45) is 15.2 Å². The second-order valence-electron chi connectivity index (χ2n) is 4.77. The van der Waals surface area contributed by atoms with E-state index in [1.807, 2.05) is 12.1 Å². The fraction of sp³-hybridized carbons (Fsp3) is 0.0625. The van der Waals surface area contributed by atoms with Gasteiger partial charge in [0.05, 0.1) is 15.8 Å². The highest BCUT2D eigenvalue weighted by Crippen LogP contribution is 2.27. The SMILES string of the molecule is Fc1cc(C2=NN=C(/N=C\c3ccc(Cl)cc3)SC2)c(Cl)cc1Cl. The van der Waals surface area contributed by atoms with Gasteiger partial charge in [-0.05, 0) is 29.8 Å². The molecule has 0 atom stereocenters. The van der Waals surface area contributed by atoms with Gasteiger partial charge in [-0.15, -0.1) is 5.10 Å². The summed E-state index contributed by atoms with van der Waals surface area (Å²) in [7, 11) is 0. The molecule has 122 valence electrons.